The van der Waals surface area contributed by atoms with Crippen LogP contribution in [0.4, 0.5) is 0 Å². The minimum atomic E-state index is -1.07. The molecule has 0 fully saturated rings. The van der Waals surface area contributed by atoms with Crippen molar-refractivity contribution >= 4 is 5.97 Å². The number of hydrogen-bond donors (Lipinski definition) is 2. The van der Waals surface area contributed by atoms with E-state index in [0.29, 0.717) is 0 Å². The molecule has 1 aromatic rings. The number of aromatic carboxylic acids is 1. The summed E-state index contributed by atoms with van der Waals surface area (Å²) in [6.07, 6.45) is 3.89. The monoisotopic (exact) mass is 370 g/mol. The molecule has 0 heterocycles. The fraction of sp³-hybridized carbons (Fsp3) is 0.632. The Balaban J connectivity index is 0.00000484. The maximum Gasteiger partial charge on any atom is 0.339 e. The third-order valence-electron chi connectivity index (χ3n) is 4.60. The van der Waals surface area contributed by atoms with Gasteiger partial charge in [0, 0.05) is 25.0 Å². The molecule has 1 rings (SSSR count). The number of carboxylic acids is 1. The summed E-state index contributed by atoms with van der Waals surface area (Å²) in [5.74, 6) is -1.15. The van der Waals surface area contributed by atoms with Crippen molar-refractivity contribution in [3.8, 4) is 5.75 Å². The first-order valence-corrected chi connectivity index (χ1v) is 8.18. The van der Waals surface area contributed by atoms with Crippen LogP contribution in [0.25, 0.3) is 0 Å². The number of aromatic hydroxyl groups is 1. The molecule has 23 heavy (non-hydrogen) atoms. The predicted octanol–water partition coefficient (Wildman–Crippen LogP) is 5.24. The number of carboxylic acid groups (broad SMARTS) is 1. The summed E-state index contributed by atoms with van der Waals surface area (Å²) in [7, 11) is 0. The number of carbonyl (C=O) groups is 1. The first kappa shape index (κ1) is 22.1. The summed E-state index contributed by atoms with van der Waals surface area (Å²) in [5, 5.41) is 19.9. The Morgan fingerprint density at radius 2 is 1.48 bits per heavy atom. The van der Waals surface area contributed by atoms with Gasteiger partial charge in [-0.2, -0.15) is 0 Å². The van der Waals surface area contributed by atoms with Crippen molar-refractivity contribution in [1.29, 1.82) is 0 Å². The van der Waals surface area contributed by atoms with E-state index in [0.717, 1.165) is 36.8 Å². The molecule has 0 saturated carbocycles. The topological polar surface area (TPSA) is 57.5 Å². The van der Waals surface area contributed by atoms with Gasteiger partial charge in [0.25, 0.3) is 0 Å². The molecule has 3 nitrogen and oxygen atoms in total. The Hall–Kier alpha value is -0.887. The molecule has 0 saturated heterocycles. The summed E-state index contributed by atoms with van der Waals surface area (Å²) < 4.78 is 0. The van der Waals surface area contributed by atoms with E-state index in [4.69, 9.17) is 0 Å². The molecule has 2 N–H and O–H groups in total. The smallest absolute Gasteiger partial charge is 0.339 e. The van der Waals surface area contributed by atoms with E-state index in [-0.39, 0.29) is 41.6 Å². The van der Waals surface area contributed by atoms with Crippen LogP contribution in [0.15, 0.2) is 12.1 Å². The molecule has 0 aliphatic heterocycles. The van der Waals surface area contributed by atoms with Crippen LogP contribution in [0.5, 0.6) is 5.75 Å². The molecule has 0 aromatic heterocycles. The SMILES string of the molecule is CCCC(C)(C)c1cc(C(=O)O)c(O)c(C(C)(C)CCC)c1.[Zn]. The zero-order valence-corrected chi connectivity index (χ0v) is 18.5. The first-order chi connectivity index (χ1) is 10.1. The zero-order chi connectivity index (χ0) is 17.1. The molecule has 4 heteroatoms. The van der Waals surface area contributed by atoms with Crippen molar-refractivity contribution in [2.45, 2.75) is 78.1 Å². The summed E-state index contributed by atoms with van der Waals surface area (Å²) in [6.45, 7) is 12.6. The number of benzene rings is 1. The minimum absolute atomic E-state index is 0. The van der Waals surface area contributed by atoms with Gasteiger partial charge in [0.1, 0.15) is 11.3 Å². The number of rotatable bonds is 7. The van der Waals surface area contributed by atoms with Crippen molar-refractivity contribution in [1.82, 2.24) is 0 Å². The van der Waals surface area contributed by atoms with Gasteiger partial charge in [0.15, 0.2) is 0 Å². The Kier molecular flexibility index (Phi) is 7.96. The van der Waals surface area contributed by atoms with Gasteiger partial charge in [-0.3, -0.25) is 0 Å². The summed E-state index contributed by atoms with van der Waals surface area (Å²) >= 11 is 0. The second-order valence-electron chi connectivity index (χ2n) is 7.49. The fourth-order valence-corrected chi connectivity index (χ4v) is 3.23. The van der Waals surface area contributed by atoms with E-state index in [2.05, 4.69) is 41.5 Å². The van der Waals surface area contributed by atoms with Gasteiger partial charge in [-0.05, 0) is 35.3 Å². The van der Waals surface area contributed by atoms with Crippen molar-refractivity contribution < 1.29 is 34.5 Å². The predicted molar refractivity (Wildman–Crippen MR) is 90.9 cm³/mol. The van der Waals surface area contributed by atoms with Crippen molar-refractivity contribution in [2.24, 2.45) is 0 Å². The van der Waals surface area contributed by atoms with Crippen LogP contribution < -0.4 is 0 Å². The quantitative estimate of drug-likeness (QED) is 0.644. The van der Waals surface area contributed by atoms with Gasteiger partial charge in [-0.1, -0.05) is 60.5 Å². The van der Waals surface area contributed by atoms with E-state index in [1.807, 2.05) is 6.07 Å². The van der Waals surface area contributed by atoms with E-state index in [1.165, 1.54) is 0 Å². The fourth-order valence-electron chi connectivity index (χ4n) is 3.23. The molecule has 126 valence electrons. The van der Waals surface area contributed by atoms with Crippen LogP contribution in [0, 0.1) is 0 Å². The molecule has 0 amide bonds. The van der Waals surface area contributed by atoms with Crippen molar-refractivity contribution in [3.63, 3.8) is 0 Å². The second kappa shape index (κ2) is 8.28. The molecular weight excluding hydrogens is 342 g/mol. The molecule has 0 unspecified atom stereocenters. The Labute approximate surface area is 153 Å². The van der Waals surface area contributed by atoms with Gasteiger partial charge < -0.3 is 10.2 Å². The van der Waals surface area contributed by atoms with Gasteiger partial charge in [0.2, 0.25) is 0 Å². The normalized spacial score (nSPS) is 11.9. The largest absolute Gasteiger partial charge is 0.507 e. The van der Waals surface area contributed by atoms with Gasteiger partial charge in [-0.15, -0.1) is 0 Å². The first-order valence-electron chi connectivity index (χ1n) is 8.18. The van der Waals surface area contributed by atoms with Gasteiger partial charge in [-0.25, -0.2) is 4.79 Å². The summed E-state index contributed by atoms with van der Waals surface area (Å²) in [6, 6.07) is 3.64. The standard InChI is InChI=1S/C19H30O3.Zn/c1-7-9-18(3,4)13-11-14(17(21)22)16(20)15(12-13)19(5,6)10-8-2;/h11-12,20H,7-10H2,1-6H3,(H,21,22);. The van der Waals surface area contributed by atoms with E-state index in [1.54, 1.807) is 6.07 Å². The molecule has 0 bridgehead atoms. The molecular formula is C19H30O3Zn. The third-order valence-corrected chi connectivity index (χ3v) is 4.60. The van der Waals surface area contributed by atoms with Gasteiger partial charge >= 0.3 is 5.97 Å². The average molecular weight is 372 g/mol. The van der Waals surface area contributed by atoms with Gasteiger partial charge in [0.05, 0.1) is 0 Å². The van der Waals surface area contributed by atoms with E-state index >= 15 is 0 Å². The minimum Gasteiger partial charge on any atom is -0.507 e. The maximum atomic E-state index is 11.5. The summed E-state index contributed by atoms with van der Waals surface area (Å²) in [4.78, 5) is 11.5. The summed E-state index contributed by atoms with van der Waals surface area (Å²) in [5.41, 5.74) is 1.39. The second-order valence-corrected chi connectivity index (χ2v) is 7.49. The van der Waals surface area contributed by atoms with Crippen molar-refractivity contribution in [3.05, 3.63) is 28.8 Å². The Bertz CT molecular complexity index is 548. The number of hydrogen-bond acceptors (Lipinski definition) is 2. The molecule has 1 aromatic carbocycles. The molecule has 0 radical (unpaired) electrons. The van der Waals surface area contributed by atoms with Crippen molar-refractivity contribution in [2.75, 3.05) is 0 Å². The Morgan fingerprint density at radius 3 is 1.91 bits per heavy atom. The van der Waals surface area contributed by atoms with E-state index in [9.17, 15) is 15.0 Å². The molecule has 0 aliphatic carbocycles. The van der Waals surface area contributed by atoms with Crippen LogP contribution in [0.2, 0.25) is 0 Å². The Morgan fingerprint density at radius 1 is 1.00 bits per heavy atom. The molecule has 0 spiro atoms. The number of phenols is 1. The van der Waals surface area contributed by atoms with Crippen LogP contribution in [-0.2, 0) is 30.3 Å². The van der Waals surface area contributed by atoms with Crippen LogP contribution >= 0.6 is 0 Å². The average Bonchev–Trinajstić information content (AvgIpc) is 2.37. The molecule has 0 atom stereocenters. The zero-order valence-electron chi connectivity index (χ0n) is 15.5. The maximum absolute atomic E-state index is 11.5. The van der Waals surface area contributed by atoms with Crippen LogP contribution in [-0.4, -0.2) is 16.2 Å². The van der Waals surface area contributed by atoms with Crippen LogP contribution in [0.3, 0.4) is 0 Å². The third kappa shape index (κ3) is 5.04. The van der Waals surface area contributed by atoms with Crippen LogP contribution in [0.1, 0.15) is 88.7 Å². The molecule has 0 aliphatic rings. The van der Waals surface area contributed by atoms with E-state index < -0.39 is 5.97 Å².